The number of carbonyl (C=O) groups excluding carboxylic acids is 2. The minimum atomic E-state index is -0.804. The average Bonchev–Trinajstić information content (AvgIpc) is 3.29. The summed E-state index contributed by atoms with van der Waals surface area (Å²) in [4.78, 5) is 27.8. The zero-order chi connectivity index (χ0) is 17.8. The molecule has 3 heterocycles. The van der Waals surface area contributed by atoms with E-state index in [4.69, 9.17) is 14.2 Å². The van der Waals surface area contributed by atoms with Crippen molar-refractivity contribution in [3.63, 3.8) is 0 Å². The molecule has 0 radical (unpaired) electrons. The van der Waals surface area contributed by atoms with E-state index in [-0.39, 0.29) is 12.0 Å². The standard InChI is InChI=1S/C18H25NO5S/c1-12(17(20)19-7-5-16-14(10-19)6-9-25-16)24-18(21)13(2)23-11-15-4-3-8-22-15/h6,9,12-13,15H,3-5,7-8,10-11H2,1-2H3. The first-order chi connectivity index (χ1) is 12.0. The lowest BCUT2D eigenvalue weighted by atomic mass is 10.1. The van der Waals surface area contributed by atoms with Gasteiger partial charge in [0.25, 0.3) is 5.91 Å². The van der Waals surface area contributed by atoms with Crippen LogP contribution in [0.4, 0.5) is 0 Å². The van der Waals surface area contributed by atoms with Crippen LogP contribution in [-0.2, 0) is 36.8 Å². The molecule has 0 aromatic carbocycles. The van der Waals surface area contributed by atoms with Gasteiger partial charge in [-0.2, -0.15) is 0 Å². The number of nitrogens with zero attached hydrogens (tertiary/aromatic N) is 1. The van der Waals surface area contributed by atoms with Gasteiger partial charge in [-0.3, -0.25) is 4.79 Å². The zero-order valence-electron chi connectivity index (χ0n) is 14.7. The van der Waals surface area contributed by atoms with Crippen LogP contribution >= 0.6 is 11.3 Å². The molecule has 0 saturated carbocycles. The maximum atomic E-state index is 12.5. The largest absolute Gasteiger partial charge is 0.451 e. The Labute approximate surface area is 152 Å². The number of fused-ring (bicyclic) bond motifs is 1. The molecule has 3 atom stereocenters. The fourth-order valence-corrected chi connectivity index (χ4v) is 4.00. The van der Waals surface area contributed by atoms with Crippen LogP contribution in [0.25, 0.3) is 0 Å². The lowest BCUT2D eigenvalue weighted by Crippen LogP contribution is -2.43. The van der Waals surface area contributed by atoms with E-state index in [9.17, 15) is 9.59 Å². The van der Waals surface area contributed by atoms with E-state index >= 15 is 0 Å². The molecule has 0 aliphatic carbocycles. The number of thiophene rings is 1. The highest BCUT2D eigenvalue weighted by Gasteiger charge is 2.29. The molecule has 2 aliphatic heterocycles. The Morgan fingerprint density at radius 1 is 1.40 bits per heavy atom. The summed E-state index contributed by atoms with van der Waals surface area (Å²) in [6.07, 6.45) is 1.39. The van der Waals surface area contributed by atoms with Crippen molar-refractivity contribution in [1.29, 1.82) is 0 Å². The molecule has 138 valence electrons. The van der Waals surface area contributed by atoms with Crippen LogP contribution in [0.15, 0.2) is 11.4 Å². The summed E-state index contributed by atoms with van der Waals surface area (Å²) in [7, 11) is 0. The predicted molar refractivity (Wildman–Crippen MR) is 93.4 cm³/mol. The molecule has 1 amide bonds. The van der Waals surface area contributed by atoms with E-state index in [0.29, 0.717) is 19.7 Å². The number of hydrogen-bond donors (Lipinski definition) is 0. The Bertz CT molecular complexity index is 610. The van der Waals surface area contributed by atoms with Gasteiger partial charge < -0.3 is 19.1 Å². The average molecular weight is 367 g/mol. The summed E-state index contributed by atoms with van der Waals surface area (Å²) >= 11 is 1.73. The second-order valence-corrected chi connectivity index (χ2v) is 7.57. The first-order valence-corrected chi connectivity index (χ1v) is 9.70. The van der Waals surface area contributed by atoms with E-state index in [1.54, 1.807) is 30.1 Å². The van der Waals surface area contributed by atoms with Crippen LogP contribution in [0.3, 0.4) is 0 Å². The van der Waals surface area contributed by atoms with Gasteiger partial charge in [0.15, 0.2) is 12.2 Å². The van der Waals surface area contributed by atoms with Crippen molar-refractivity contribution in [1.82, 2.24) is 4.90 Å². The minimum Gasteiger partial charge on any atom is -0.451 e. The molecule has 0 spiro atoms. The van der Waals surface area contributed by atoms with Crippen molar-refractivity contribution in [2.45, 2.75) is 58.0 Å². The molecule has 1 aromatic rings. The van der Waals surface area contributed by atoms with Crippen LogP contribution in [0, 0.1) is 0 Å². The highest BCUT2D eigenvalue weighted by molar-refractivity contribution is 7.10. The van der Waals surface area contributed by atoms with Gasteiger partial charge in [-0.05, 0) is 50.1 Å². The van der Waals surface area contributed by atoms with Crippen LogP contribution < -0.4 is 0 Å². The quantitative estimate of drug-likeness (QED) is 0.721. The highest BCUT2D eigenvalue weighted by atomic mass is 32.1. The molecule has 3 rings (SSSR count). The molecule has 0 N–H and O–H groups in total. The third-order valence-corrected chi connectivity index (χ3v) is 5.67. The Morgan fingerprint density at radius 3 is 3.00 bits per heavy atom. The van der Waals surface area contributed by atoms with Gasteiger partial charge in [-0.25, -0.2) is 4.79 Å². The number of ether oxygens (including phenoxy) is 3. The highest BCUT2D eigenvalue weighted by Crippen LogP contribution is 2.24. The first-order valence-electron chi connectivity index (χ1n) is 8.82. The number of carbonyl (C=O) groups is 2. The number of hydrogen-bond acceptors (Lipinski definition) is 6. The summed E-state index contributed by atoms with van der Waals surface area (Å²) in [5.74, 6) is -0.663. The monoisotopic (exact) mass is 367 g/mol. The van der Waals surface area contributed by atoms with Crippen molar-refractivity contribution in [2.24, 2.45) is 0 Å². The van der Waals surface area contributed by atoms with Crippen molar-refractivity contribution >= 4 is 23.2 Å². The van der Waals surface area contributed by atoms with Gasteiger partial charge in [0.1, 0.15) is 0 Å². The molecule has 25 heavy (non-hydrogen) atoms. The van der Waals surface area contributed by atoms with Crippen LogP contribution in [0.1, 0.15) is 37.1 Å². The Kier molecular flexibility index (Phi) is 6.09. The molecule has 6 nitrogen and oxygen atoms in total. The summed E-state index contributed by atoms with van der Waals surface area (Å²) in [5, 5.41) is 2.05. The van der Waals surface area contributed by atoms with E-state index in [2.05, 4.69) is 11.4 Å². The van der Waals surface area contributed by atoms with Crippen molar-refractivity contribution in [3.8, 4) is 0 Å². The van der Waals surface area contributed by atoms with Gasteiger partial charge in [0.05, 0.1) is 12.7 Å². The maximum absolute atomic E-state index is 12.5. The number of esters is 1. The zero-order valence-corrected chi connectivity index (χ0v) is 15.5. The lowest BCUT2D eigenvalue weighted by molar-refractivity contribution is -0.169. The summed E-state index contributed by atoms with van der Waals surface area (Å²) < 4.78 is 16.3. The van der Waals surface area contributed by atoms with E-state index in [1.165, 1.54) is 10.4 Å². The molecular weight excluding hydrogens is 342 g/mol. The minimum absolute atomic E-state index is 0.0578. The normalized spacial score (nSPS) is 22.3. The van der Waals surface area contributed by atoms with E-state index in [1.807, 2.05) is 0 Å². The fraction of sp³-hybridized carbons (Fsp3) is 0.667. The molecular formula is C18H25NO5S. The number of rotatable bonds is 6. The van der Waals surface area contributed by atoms with Crippen LogP contribution in [0.5, 0.6) is 0 Å². The second kappa shape index (κ2) is 8.29. The van der Waals surface area contributed by atoms with Crippen molar-refractivity contribution in [2.75, 3.05) is 19.8 Å². The van der Waals surface area contributed by atoms with Gasteiger partial charge in [0.2, 0.25) is 0 Å². The Morgan fingerprint density at radius 2 is 2.24 bits per heavy atom. The van der Waals surface area contributed by atoms with Gasteiger partial charge in [-0.15, -0.1) is 11.3 Å². The van der Waals surface area contributed by atoms with Crippen LogP contribution in [0.2, 0.25) is 0 Å². The Balaban J connectivity index is 1.45. The lowest BCUT2D eigenvalue weighted by Gasteiger charge is -2.29. The third kappa shape index (κ3) is 4.59. The van der Waals surface area contributed by atoms with E-state index in [0.717, 1.165) is 25.9 Å². The molecule has 0 bridgehead atoms. The Hall–Kier alpha value is -1.44. The maximum Gasteiger partial charge on any atom is 0.335 e. The van der Waals surface area contributed by atoms with Gasteiger partial charge in [0, 0.05) is 24.6 Å². The van der Waals surface area contributed by atoms with Crippen molar-refractivity contribution < 1.29 is 23.8 Å². The SMILES string of the molecule is CC(OCC1CCCO1)C(=O)OC(C)C(=O)N1CCc2sccc2C1. The summed E-state index contributed by atoms with van der Waals surface area (Å²) in [6, 6.07) is 2.05. The van der Waals surface area contributed by atoms with Crippen LogP contribution in [-0.4, -0.2) is 54.8 Å². The molecule has 2 aliphatic rings. The molecule has 1 saturated heterocycles. The van der Waals surface area contributed by atoms with Gasteiger partial charge >= 0.3 is 5.97 Å². The van der Waals surface area contributed by atoms with E-state index < -0.39 is 18.2 Å². The first kappa shape index (κ1) is 18.4. The fourth-order valence-electron chi connectivity index (χ4n) is 3.11. The predicted octanol–water partition coefficient (Wildman–Crippen LogP) is 2.15. The molecule has 3 unspecified atom stereocenters. The van der Waals surface area contributed by atoms with Crippen molar-refractivity contribution in [3.05, 3.63) is 21.9 Å². The molecule has 7 heteroatoms. The number of amides is 1. The molecule has 1 aromatic heterocycles. The third-order valence-electron chi connectivity index (χ3n) is 4.65. The van der Waals surface area contributed by atoms with Gasteiger partial charge in [-0.1, -0.05) is 0 Å². The summed E-state index contributed by atoms with van der Waals surface area (Å²) in [6.45, 7) is 5.65. The summed E-state index contributed by atoms with van der Waals surface area (Å²) in [5.41, 5.74) is 1.19. The molecule has 1 fully saturated rings. The smallest absolute Gasteiger partial charge is 0.335 e. The topological polar surface area (TPSA) is 65.1 Å². The second-order valence-electron chi connectivity index (χ2n) is 6.57.